The second-order valence-corrected chi connectivity index (χ2v) is 6.04. The fourth-order valence-corrected chi connectivity index (χ4v) is 2.78. The van der Waals surface area contributed by atoms with E-state index in [1.807, 2.05) is 18.2 Å². The third-order valence-electron chi connectivity index (χ3n) is 4.18. The van der Waals surface area contributed by atoms with E-state index in [2.05, 4.69) is 10.2 Å². The summed E-state index contributed by atoms with van der Waals surface area (Å²) in [5.41, 5.74) is 1.50. The van der Waals surface area contributed by atoms with Gasteiger partial charge in [-0.25, -0.2) is 4.79 Å². The number of amides is 1. The van der Waals surface area contributed by atoms with Crippen molar-refractivity contribution >= 4 is 28.9 Å². The Labute approximate surface area is 161 Å². The minimum atomic E-state index is -0.730. The van der Waals surface area contributed by atoms with Gasteiger partial charge in [-0.15, -0.1) is 0 Å². The highest BCUT2D eigenvalue weighted by molar-refractivity contribution is 5.97. The number of hydrogen-bond donors (Lipinski definition) is 1. The van der Waals surface area contributed by atoms with Gasteiger partial charge in [0.1, 0.15) is 0 Å². The molecule has 0 saturated carbocycles. The Kier molecular flexibility index (Phi) is 6.18. The van der Waals surface area contributed by atoms with Gasteiger partial charge in [0.05, 0.1) is 35.1 Å². The minimum Gasteiger partial charge on any atom is -0.452 e. The average molecular weight is 385 g/mol. The summed E-state index contributed by atoms with van der Waals surface area (Å²) < 4.78 is 10.3. The van der Waals surface area contributed by atoms with Crippen LogP contribution in [-0.2, 0) is 14.3 Å². The zero-order valence-electron chi connectivity index (χ0n) is 15.0. The van der Waals surface area contributed by atoms with Crippen molar-refractivity contribution in [1.29, 1.82) is 0 Å². The topological polar surface area (TPSA) is 111 Å². The van der Waals surface area contributed by atoms with Crippen molar-refractivity contribution in [2.45, 2.75) is 0 Å². The molecular weight excluding hydrogens is 366 g/mol. The van der Waals surface area contributed by atoms with Crippen molar-refractivity contribution in [3.63, 3.8) is 0 Å². The maximum atomic E-state index is 12.2. The molecule has 1 aliphatic heterocycles. The van der Waals surface area contributed by atoms with Crippen molar-refractivity contribution in [3.05, 3.63) is 64.2 Å². The molecule has 0 aliphatic carbocycles. The molecule has 0 aromatic heterocycles. The molecule has 0 unspecified atom stereocenters. The lowest BCUT2D eigenvalue weighted by molar-refractivity contribution is -0.384. The molecule has 9 heteroatoms. The molecule has 0 radical (unpaired) electrons. The molecule has 146 valence electrons. The highest BCUT2D eigenvalue weighted by Crippen LogP contribution is 2.26. The molecule has 0 bridgehead atoms. The number of hydrogen-bond acceptors (Lipinski definition) is 7. The van der Waals surface area contributed by atoms with Crippen LogP contribution in [0.4, 0.5) is 17.1 Å². The lowest BCUT2D eigenvalue weighted by Gasteiger charge is -2.30. The number of para-hydroxylation sites is 2. The van der Waals surface area contributed by atoms with Crippen LogP contribution in [0.2, 0.25) is 0 Å². The first-order valence-electron chi connectivity index (χ1n) is 8.68. The monoisotopic (exact) mass is 385 g/mol. The third kappa shape index (κ3) is 4.83. The fourth-order valence-electron chi connectivity index (χ4n) is 2.78. The molecule has 9 nitrogen and oxygen atoms in total. The maximum absolute atomic E-state index is 12.2. The zero-order valence-corrected chi connectivity index (χ0v) is 15.0. The number of ether oxygens (including phenoxy) is 2. The summed E-state index contributed by atoms with van der Waals surface area (Å²) in [4.78, 5) is 36.4. The number of nitrogens with one attached hydrogen (secondary N) is 1. The number of nitro benzene ring substituents is 1. The molecule has 1 amide bonds. The summed E-state index contributed by atoms with van der Waals surface area (Å²) in [6.07, 6.45) is 0. The van der Waals surface area contributed by atoms with Crippen molar-refractivity contribution in [3.8, 4) is 0 Å². The molecule has 1 heterocycles. The van der Waals surface area contributed by atoms with Crippen LogP contribution in [0.15, 0.2) is 48.5 Å². The largest absolute Gasteiger partial charge is 0.452 e. The number of non-ortho nitro benzene ring substituents is 1. The highest BCUT2D eigenvalue weighted by Gasteiger charge is 2.17. The van der Waals surface area contributed by atoms with E-state index in [0.717, 1.165) is 18.8 Å². The van der Waals surface area contributed by atoms with Gasteiger partial charge in [-0.05, 0) is 24.3 Å². The second kappa shape index (κ2) is 8.96. The number of anilines is 2. The van der Waals surface area contributed by atoms with E-state index in [-0.39, 0.29) is 11.3 Å². The minimum absolute atomic E-state index is 0.131. The first kappa shape index (κ1) is 19.3. The van der Waals surface area contributed by atoms with Gasteiger partial charge in [0.2, 0.25) is 0 Å². The molecule has 1 aliphatic rings. The van der Waals surface area contributed by atoms with Gasteiger partial charge in [-0.3, -0.25) is 14.9 Å². The van der Waals surface area contributed by atoms with Crippen LogP contribution in [0, 0.1) is 10.1 Å². The van der Waals surface area contributed by atoms with Gasteiger partial charge < -0.3 is 19.7 Å². The summed E-state index contributed by atoms with van der Waals surface area (Å²) in [6, 6.07) is 12.4. The normalized spacial score (nSPS) is 13.6. The molecule has 2 aromatic carbocycles. The number of carbonyl (C=O) groups excluding carboxylic acids is 2. The fraction of sp³-hybridized carbons (Fsp3) is 0.263. The van der Waals surface area contributed by atoms with Crippen molar-refractivity contribution in [1.82, 2.24) is 0 Å². The SMILES string of the molecule is O=C(COC(=O)c1ccc([N+](=O)[O-])cc1)Nc1ccccc1N1CCOCC1. The number of rotatable bonds is 6. The van der Waals surface area contributed by atoms with Crippen LogP contribution in [0.5, 0.6) is 0 Å². The van der Waals surface area contributed by atoms with E-state index in [4.69, 9.17) is 9.47 Å². The summed E-state index contributed by atoms with van der Waals surface area (Å²) >= 11 is 0. The van der Waals surface area contributed by atoms with E-state index in [9.17, 15) is 19.7 Å². The van der Waals surface area contributed by atoms with Crippen LogP contribution in [0.25, 0.3) is 0 Å². The predicted molar refractivity (Wildman–Crippen MR) is 101 cm³/mol. The van der Waals surface area contributed by atoms with Crippen LogP contribution < -0.4 is 10.2 Å². The molecule has 2 aromatic rings. The zero-order chi connectivity index (χ0) is 19.9. The first-order chi connectivity index (χ1) is 13.5. The number of carbonyl (C=O) groups is 2. The lowest BCUT2D eigenvalue weighted by atomic mass is 10.2. The van der Waals surface area contributed by atoms with E-state index in [0.29, 0.717) is 18.9 Å². The quantitative estimate of drug-likeness (QED) is 0.461. The summed E-state index contributed by atoms with van der Waals surface area (Å²) in [5.74, 6) is -1.21. The second-order valence-electron chi connectivity index (χ2n) is 6.04. The number of morpholine rings is 1. The smallest absolute Gasteiger partial charge is 0.338 e. The molecule has 1 saturated heterocycles. The Hall–Kier alpha value is -3.46. The molecular formula is C19H19N3O6. The molecule has 1 fully saturated rings. The summed E-state index contributed by atoms with van der Waals surface area (Å²) in [6.45, 7) is 2.22. The Morgan fingerprint density at radius 1 is 1.11 bits per heavy atom. The van der Waals surface area contributed by atoms with Crippen LogP contribution in [0.1, 0.15) is 10.4 Å². The van der Waals surface area contributed by atoms with Crippen molar-refractivity contribution < 1.29 is 24.0 Å². The molecule has 3 rings (SSSR count). The van der Waals surface area contributed by atoms with Crippen LogP contribution in [0.3, 0.4) is 0 Å². The van der Waals surface area contributed by atoms with Gasteiger partial charge >= 0.3 is 5.97 Å². The summed E-state index contributed by atoms with van der Waals surface area (Å²) in [5, 5.41) is 13.4. The first-order valence-corrected chi connectivity index (χ1v) is 8.68. The average Bonchev–Trinajstić information content (AvgIpc) is 2.73. The van der Waals surface area contributed by atoms with Gasteiger partial charge in [-0.2, -0.15) is 0 Å². The van der Waals surface area contributed by atoms with Gasteiger partial charge in [-0.1, -0.05) is 12.1 Å². The predicted octanol–water partition coefficient (Wildman–Crippen LogP) is 2.23. The van der Waals surface area contributed by atoms with E-state index < -0.39 is 23.4 Å². The Balaban J connectivity index is 1.57. The van der Waals surface area contributed by atoms with Gasteiger partial charge in [0.15, 0.2) is 6.61 Å². The highest BCUT2D eigenvalue weighted by atomic mass is 16.6. The van der Waals surface area contributed by atoms with E-state index in [1.54, 1.807) is 6.07 Å². The van der Waals surface area contributed by atoms with Crippen molar-refractivity contribution in [2.24, 2.45) is 0 Å². The van der Waals surface area contributed by atoms with Gasteiger partial charge in [0.25, 0.3) is 11.6 Å². The Morgan fingerprint density at radius 2 is 1.79 bits per heavy atom. The van der Waals surface area contributed by atoms with Crippen molar-refractivity contribution in [2.75, 3.05) is 43.1 Å². The molecule has 0 spiro atoms. The Bertz CT molecular complexity index is 862. The van der Waals surface area contributed by atoms with Crippen LogP contribution in [-0.4, -0.2) is 49.7 Å². The molecule has 0 atom stereocenters. The van der Waals surface area contributed by atoms with E-state index >= 15 is 0 Å². The Morgan fingerprint density at radius 3 is 2.46 bits per heavy atom. The lowest BCUT2D eigenvalue weighted by Crippen LogP contribution is -2.36. The van der Waals surface area contributed by atoms with Crippen LogP contribution >= 0.6 is 0 Å². The number of esters is 1. The molecule has 28 heavy (non-hydrogen) atoms. The van der Waals surface area contributed by atoms with Gasteiger partial charge in [0, 0.05) is 25.2 Å². The number of benzene rings is 2. The molecule has 1 N–H and O–H groups in total. The van der Waals surface area contributed by atoms with E-state index in [1.165, 1.54) is 24.3 Å². The standard InChI is InChI=1S/C19H19N3O6/c23-18(13-28-19(24)14-5-7-15(8-6-14)22(25)26)20-16-3-1-2-4-17(16)21-9-11-27-12-10-21/h1-8H,9-13H2,(H,20,23). The number of nitrogens with zero attached hydrogens (tertiary/aromatic N) is 2. The number of nitro groups is 1. The summed E-state index contributed by atoms with van der Waals surface area (Å²) in [7, 11) is 0. The third-order valence-corrected chi connectivity index (χ3v) is 4.18. The maximum Gasteiger partial charge on any atom is 0.338 e.